The number of aromatic nitrogens is 2. The fourth-order valence-electron chi connectivity index (χ4n) is 2.21. The first kappa shape index (κ1) is 15.7. The first-order chi connectivity index (χ1) is 10.1. The highest BCUT2D eigenvalue weighted by molar-refractivity contribution is 7.20. The second kappa shape index (κ2) is 6.82. The van der Waals surface area contributed by atoms with Crippen LogP contribution in [0, 0.1) is 6.92 Å². The highest BCUT2D eigenvalue weighted by Gasteiger charge is 2.22. The van der Waals surface area contributed by atoms with Gasteiger partial charge in [0, 0.05) is 13.1 Å². The minimum atomic E-state index is -0.227. The lowest BCUT2D eigenvalue weighted by atomic mass is 10.2. The number of nitrogens with one attached hydrogen (secondary N) is 1. The molecule has 2 rings (SSSR count). The second-order valence-electron chi connectivity index (χ2n) is 4.84. The van der Waals surface area contributed by atoms with Crippen LogP contribution in [-0.2, 0) is 0 Å². The van der Waals surface area contributed by atoms with Gasteiger partial charge in [0.25, 0.3) is 11.5 Å². The number of H-pyrrole nitrogens is 1. The Morgan fingerprint density at radius 3 is 2.86 bits per heavy atom. The van der Waals surface area contributed by atoms with Crippen LogP contribution in [0.25, 0.3) is 10.2 Å². The molecule has 0 fully saturated rings. The van der Waals surface area contributed by atoms with E-state index in [1.165, 1.54) is 17.7 Å². The molecule has 0 aromatic carbocycles. The van der Waals surface area contributed by atoms with Gasteiger partial charge < -0.3 is 15.0 Å². The van der Waals surface area contributed by atoms with E-state index in [1.807, 2.05) is 0 Å². The number of unbranched alkanes of at least 4 members (excludes halogenated alkanes) is 1. The Balaban J connectivity index is 2.40. The van der Waals surface area contributed by atoms with Crippen LogP contribution in [0.1, 0.15) is 35.0 Å². The fraction of sp³-hybridized carbons (Fsp3) is 0.500. The highest BCUT2D eigenvalue weighted by atomic mass is 32.1. The number of nitrogens with zero attached hydrogens (tertiary/aromatic N) is 2. The number of fused-ring (bicyclic) bond motifs is 1. The summed E-state index contributed by atoms with van der Waals surface area (Å²) in [6.45, 7) is 4.65. The summed E-state index contributed by atoms with van der Waals surface area (Å²) < 4.78 is 0. The van der Waals surface area contributed by atoms with Crippen molar-refractivity contribution in [2.24, 2.45) is 0 Å². The molecule has 0 spiro atoms. The minimum Gasteiger partial charge on any atom is -0.395 e. The normalized spacial score (nSPS) is 11.0. The fourth-order valence-corrected chi connectivity index (χ4v) is 3.33. The predicted molar refractivity (Wildman–Crippen MR) is 82.9 cm³/mol. The quantitative estimate of drug-likeness (QED) is 0.847. The van der Waals surface area contributed by atoms with Crippen molar-refractivity contribution in [3.8, 4) is 0 Å². The molecule has 6 nitrogen and oxygen atoms in total. The van der Waals surface area contributed by atoms with Gasteiger partial charge in [0.2, 0.25) is 0 Å². The van der Waals surface area contributed by atoms with Gasteiger partial charge in [0.05, 0.1) is 23.2 Å². The number of amides is 1. The van der Waals surface area contributed by atoms with Crippen LogP contribution in [-0.4, -0.2) is 45.6 Å². The predicted octanol–water partition coefficient (Wildman–Crippen LogP) is 1.53. The molecule has 2 N–H and O–H groups in total. The van der Waals surface area contributed by atoms with E-state index in [9.17, 15) is 9.59 Å². The van der Waals surface area contributed by atoms with Crippen LogP contribution < -0.4 is 5.56 Å². The van der Waals surface area contributed by atoms with Gasteiger partial charge in [0.15, 0.2) is 0 Å². The highest BCUT2D eigenvalue weighted by Crippen LogP contribution is 2.27. The van der Waals surface area contributed by atoms with Gasteiger partial charge in [-0.1, -0.05) is 13.3 Å². The van der Waals surface area contributed by atoms with E-state index < -0.39 is 0 Å². The van der Waals surface area contributed by atoms with E-state index in [0.29, 0.717) is 33.7 Å². The molecule has 7 heteroatoms. The monoisotopic (exact) mass is 309 g/mol. The Morgan fingerprint density at radius 2 is 2.24 bits per heavy atom. The van der Waals surface area contributed by atoms with Gasteiger partial charge in [-0.25, -0.2) is 4.98 Å². The van der Waals surface area contributed by atoms with E-state index in [1.54, 1.807) is 11.8 Å². The summed E-state index contributed by atoms with van der Waals surface area (Å²) in [6, 6.07) is 0. The molecule has 2 heterocycles. The van der Waals surface area contributed by atoms with E-state index in [0.717, 1.165) is 12.8 Å². The number of aromatic amines is 1. The summed E-state index contributed by atoms with van der Waals surface area (Å²) >= 11 is 1.23. The topological polar surface area (TPSA) is 86.3 Å². The van der Waals surface area contributed by atoms with Crippen molar-refractivity contribution in [1.29, 1.82) is 0 Å². The smallest absolute Gasteiger partial charge is 0.264 e. The number of carbonyl (C=O) groups excluding carboxylic acids is 1. The maximum absolute atomic E-state index is 12.6. The minimum absolute atomic E-state index is 0.0712. The molecule has 0 aliphatic rings. The Hall–Kier alpha value is -1.73. The maximum Gasteiger partial charge on any atom is 0.264 e. The number of rotatable bonds is 6. The lowest BCUT2D eigenvalue weighted by molar-refractivity contribution is 0.0723. The third-order valence-corrected chi connectivity index (χ3v) is 4.55. The zero-order chi connectivity index (χ0) is 15.4. The van der Waals surface area contributed by atoms with Crippen molar-refractivity contribution < 1.29 is 9.90 Å². The first-order valence-electron chi connectivity index (χ1n) is 6.97. The summed E-state index contributed by atoms with van der Waals surface area (Å²) in [4.78, 5) is 33.9. The van der Waals surface area contributed by atoms with Gasteiger partial charge in [-0.2, -0.15) is 0 Å². The third kappa shape index (κ3) is 3.14. The molecule has 0 saturated carbocycles. The number of aliphatic hydroxyl groups is 1. The molecule has 114 valence electrons. The Kier molecular flexibility index (Phi) is 5.08. The van der Waals surface area contributed by atoms with Gasteiger partial charge in [-0.15, -0.1) is 11.3 Å². The standard InChI is InChI=1S/C14H19N3O3S/c1-3-4-5-17(6-7-18)14(20)11-9(2)10-12(19)15-8-16-13(10)21-11/h8,18H,3-7H2,1-2H3,(H,15,16,19). The zero-order valence-electron chi connectivity index (χ0n) is 12.2. The van der Waals surface area contributed by atoms with Crippen molar-refractivity contribution in [3.63, 3.8) is 0 Å². The molecule has 21 heavy (non-hydrogen) atoms. The van der Waals surface area contributed by atoms with Gasteiger partial charge in [-0.3, -0.25) is 9.59 Å². The lowest BCUT2D eigenvalue weighted by Gasteiger charge is -2.21. The van der Waals surface area contributed by atoms with Crippen LogP contribution in [0.2, 0.25) is 0 Å². The summed E-state index contributed by atoms with van der Waals surface area (Å²) in [5, 5.41) is 9.60. The molecule has 0 bridgehead atoms. The lowest BCUT2D eigenvalue weighted by Crippen LogP contribution is -2.34. The van der Waals surface area contributed by atoms with Gasteiger partial charge in [-0.05, 0) is 18.9 Å². The molecule has 2 aromatic rings. The average Bonchev–Trinajstić information content (AvgIpc) is 2.81. The molecule has 1 amide bonds. The molecule has 0 aliphatic heterocycles. The van der Waals surface area contributed by atoms with Crippen LogP contribution in [0.3, 0.4) is 0 Å². The number of aliphatic hydroxyl groups excluding tert-OH is 1. The van der Waals surface area contributed by atoms with Gasteiger partial charge in [0.1, 0.15) is 4.83 Å². The van der Waals surface area contributed by atoms with Crippen molar-refractivity contribution in [2.45, 2.75) is 26.7 Å². The zero-order valence-corrected chi connectivity index (χ0v) is 13.0. The van der Waals surface area contributed by atoms with E-state index in [-0.39, 0.29) is 18.1 Å². The van der Waals surface area contributed by atoms with Gasteiger partial charge >= 0.3 is 0 Å². The third-order valence-electron chi connectivity index (χ3n) is 3.37. The van der Waals surface area contributed by atoms with E-state index in [2.05, 4.69) is 16.9 Å². The number of aryl methyl sites for hydroxylation is 1. The van der Waals surface area contributed by atoms with Crippen molar-refractivity contribution >= 4 is 27.5 Å². The summed E-state index contributed by atoms with van der Waals surface area (Å²) in [5.41, 5.74) is 0.434. The second-order valence-corrected chi connectivity index (χ2v) is 5.84. The average molecular weight is 309 g/mol. The molecule has 0 unspecified atom stereocenters. The van der Waals surface area contributed by atoms with Crippen LogP contribution in [0.5, 0.6) is 0 Å². The SMILES string of the molecule is CCCCN(CCO)C(=O)c1sc2nc[nH]c(=O)c2c1C. The first-order valence-corrected chi connectivity index (χ1v) is 7.78. The number of carbonyl (C=O) groups is 1. The number of hydrogen-bond donors (Lipinski definition) is 2. The van der Waals surface area contributed by atoms with E-state index >= 15 is 0 Å². The van der Waals surface area contributed by atoms with Crippen molar-refractivity contribution in [2.75, 3.05) is 19.7 Å². The van der Waals surface area contributed by atoms with Crippen LogP contribution in [0.15, 0.2) is 11.1 Å². The molecule has 0 saturated heterocycles. The van der Waals surface area contributed by atoms with Crippen molar-refractivity contribution in [3.05, 3.63) is 27.1 Å². The number of thiophene rings is 1. The molecule has 2 aromatic heterocycles. The van der Waals surface area contributed by atoms with Crippen LogP contribution >= 0.6 is 11.3 Å². The molecule has 0 radical (unpaired) electrons. The number of hydrogen-bond acceptors (Lipinski definition) is 5. The summed E-state index contributed by atoms with van der Waals surface area (Å²) in [7, 11) is 0. The molecular weight excluding hydrogens is 290 g/mol. The van der Waals surface area contributed by atoms with Crippen LogP contribution in [0.4, 0.5) is 0 Å². The van der Waals surface area contributed by atoms with Crippen molar-refractivity contribution in [1.82, 2.24) is 14.9 Å². The summed E-state index contributed by atoms with van der Waals surface area (Å²) in [6.07, 6.45) is 3.20. The maximum atomic E-state index is 12.6. The molecule has 0 atom stereocenters. The molecular formula is C14H19N3O3S. The Bertz CT molecular complexity index is 692. The summed E-state index contributed by atoms with van der Waals surface area (Å²) in [5.74, 6) is -0.141. The molecule has 0 aliphatic carbocycles. The largest absolute Gasteiger partial charge is 0.395 e. The van der Waals surface area contributed by atoms with E-state index in [4.69, 9.17) is 5.11 Å². The Morgan fingerprint density at radius 1 is 1.48 bits per heavy atom. The Labute approximate surface area is 126 Å².